The number of rotatable bonds is 9. The monoisotopic (exact) mass is 372 g/mol. The molecule has 0 atom stereocenters. The normalized spacial score (nSPS) is 10.6. The standard InChI is InChI=1S/C20H28N4O3/c1-13(2)12-22-20(25)16-11-19(24-14(3)23-16)21-9-8-15-6-7-17(26-4)18(10-15)27-5/h6-7,10-11,13H,8-9,12H2,1-5H3,(H,22,25)(H,21,23,24). The van der Waals surface area contributed by atoms with Crippen molar-refractivity contribution in [1.29, 1.82) is 0 Å². The second-order valence-electron chi connectivity index (χ2n) is 6.66. The molecule has 1 aromatic heterocycles. The summed E-state index contributed by atoms with van der Waals surface area (Å²) in [6, 6.07) is 7.52. The fourth-order valence-electron chi connectivity index (χ4n) is 2.53. The van der Waals surface area contributed by atoms with E-state index in [-0.39, 0.29) is 5.91 Å². The van der Waals surface area contributed by atoms with Crippen molar-refractivity contribution in [2.75, 3.05) is 32.6 Å². The average molecular weight is 372 g/mol. The first kappa shape index (κ1) is 20.5. The van der Waals surface area contributed by atoms with Crippen molar-refractivity contribution in [3.05, 3.63) is 41.3 Å². The van der Waals surface area contributed by atoms with Crippen LogP contribution in [0, 0.1) is 12.8 Å². The molecule has 2 N–H and O–H groups in total. The fourth-order valence-corrected chi connectivity index (χ4v) is 2.53. The van der Waals surface area contributed by atoms with Gasteiger partial charge < -0.3 is 20.1 Å². The summed E-state index contributed by atoms with van der Waals surface area (Å²) in [5, 5.41) is 6.13. The maximum absolute atomic E-state index is 12.2. The first-order valence-corrected chi connectivity index (χ1v) is 9.01. The summed E-state index contributed by atoms with van der Waals surface area (Å²) in [6.07, 6.45) is 0.776. The summed E-state index contributed by atoms with van der Waals surface area (Å²) in [5.41, 5.74) is 1.48. The molecule has 1 aromatic carbocycles. The van der Waals surface area contributed by atoms with Crippen LogP contribution in [0.15, 0.2) is 24.3 Å². The molecule has 0 bridgehead atoms. The number of methoxy groups -OCH3 is 2. The molecule has 7 heteroatoms. The number of anilines is 1. The molecule has 7 nitrogen and oxygen atoms in total. The summed E-state index contributed by atoms with van der Waals surface area (Å²) in [6.45, 7) is 7.15. The first-order chi connectivity index (χ1) is 12.9. The zero-order valence-electron chi connectivity index (χ0n) is 16.6. The van der Waals surface area contributed by atoms with E-state index >= 15 is 0 Å². The number of nitrogens with zero attached hydrogens (tertiary/aromatic N) is 2. The van der Waals surface area contributed by atoms with Crippen LogP contribution in [0.5, 0.6) is 11.5 Å². The lowest BCUT2D eigenvalue weighted by Gasteiger charge is -2.11. The highest BCUT2D eigenvalue weighted by Crippen LogP contribution is 2.27. The number of carbonyl (C=O) groups is 1. The third kappa shape index (κ3) is 6.13. The molecule has 0 saturated heterocycles. The van der Waals surface area contributed by atoms with E-state index in [4.69, 9.17) is 9.47 Å². The van der Waals surface area contributed by atoms with Crippen molar-refractivity contribution in [2.45, 2.75) is 27.2 Å². The molecule has 146 valence electrons. The Hall–Kier alpha value is -2.83. The number of ether oxygens (including phenoxy) is 2. The van der Waals surface area contributed by atoms with Crippen LogP contribution in [0.3, 0.4) is 0 Å². The molecule has 0 aliphatic heterocycles. The molecule has 1 heterocycles. The molecule has 0 unspecified atom stereocenters. The van der Waals surface area contributed by atoms with E-state index in [1.54, 1.807) is 27.2 Å². The smallest absolute Gasteiger partial charge is 0.270 e. The molecule has 2 rings (SSSR count). The Balaban J connectivity index is 1.98. The number of aryl methyl sites for hydroxylation is 1. The van der Waals surface area contributed by atoms with Crippen LogP contribution >= 0.6 is 0 Å². The lowest BCUT2D eigenvalue weighted by atomic mass is 10.1. The summed E-state index contributed by atoms with van der Waals surface area (Å²) in [7, 11) is 3.24. The maximum atomic E-state index is 12.2. The predicted molar refractivity (Wildman–Crippen MR) is 106 cm³/mol. The Kier molecular flexibility index (Phi) is 7.40. The number of hydrogen-bond donors (Lipinski definition) is 2. The van der Waals surface area contributed by atoms with Gasteiger partial charge in [0.2, 0.25) is 0 Å². The highest BCUT2D eigenvalue weighted by Gasteiger charge is 2.11. The SMILES string of the molecule is COc1ccc(CCNc2cc(C(=O)NCC(C)C)nc(C)n2)cc1OC. The highest BCUT2D eigenvalue weighted by molar-refractivity contribution is 5.92. The van der Waals surface area contributed by atoms with Crippen molar-refractivity contribution < 1.29 is 14.3 Å². The van der Waals surface area contributed by atoms with Crippen LogP contribution in [0.1, 0.15) is 35.7 Å². The topological polar surface area (TPSA) is 85.4 Å². The zero-order chi connectivity index (χ0) is 19.8. The third-order valence-corrected chi connectivity index (χ3v) is 3.91. The lowest BCUT2D eigenvalue weighted by Crippen LogP contribution is -2.28. The van der Waals surface area contributed by atoms with Crippen LogP contribution < -0.4 is 20.1 Å². The minimum Gasteiger partial charge on any atom is -0.493 e. The van der Waals surface area contributed by atoms with Crippen LogP contribution in [0.4, 0.5) is 5.82 Å². The second-order valence-corrected chi connectivity index (χ2v) is 6.66. The fraction of sp³-hybridized carbons (Fsp3) is 0.450. The third-order valence-electron chi connectivity index (χ3n) is 3.91. The molecule has 0 saturated carbocycles. The maximum Gasteiger partial charge on any atom is 0.270 e. The molecule has 0 aliphatic carbocycles. The average Bonchev–Trinajstić information content (AvgIpc) is 2.65. The molecule has 27 heavy (non-hydrogen) atoms. The van der Waals surface area contributed by atoms with Gasteiger partial charge in [-0.3, -0.25) is 4.79 Å². The summed E-state index contributed by atoms with van der Waals surface area (Å²) in [5.74, 6) is 2.81. The van der Waals surface area contributed by atoms with Crippen LogP contribution in [0.25, 0.3) is 0 Å². The Bertz CT molecular complexity index is 778. The van der Waals surface area contributed by atoms with E-state index in [1.807, 2.05) is 32.0 Å². The number of nitrogens with one attached hydrogen (secondary N) is 2. The van der Waals surface area contributed by atoms with E-state index in [0.29, 0.717) is 47.8 Å². The Morgan fingerprint density at radius 1 is 1.11 bits per heavy atom. The number of benzene rings is 1. The Morgan fingerprint density at radius 3 is 2.52 bits per heavy atom. The molecule has 0 aliphatic rings. The van der Waals surface area contributed by atoms with Crippen LogP contribution in [-0.2, 0) is 6.42 Å². The van der Waals surface area contributed by atoms with Gasteiger partial charge in [0.15, 0.2) is 11.5 Å². The quantitative estimate of drug-likeness (QED) is 0.704. The molecular formula is C20H28N4O3. The Morgan fingerprint density at radius 2 is 1.85 bits per heavy atom. The van der Waals surface area contributed by atoms with Gasteiger partial charge in [-0.15, -0.1) is 0 Å². The molecule has 0 radical (unpaired) electrons. The van der Waals surface area contributed by atoms with E-state index in [2.05, 4.69) is 20.6 Å². The number of carbonyl (C=O) groups excluding carboxylic acids is 1. The molecule has 2 aromatic rings. The van der Waals surface area contributed by atoms with Gasteiger partial charge in [0.25, 0.3) is 5.91 Å². The molecule has 0 spiro atoms. The summed E-state index contributed by atoms with van der Waals surface area (Å²) in [4.78, 5) is 20.8. The van der Waals surface area contributed by atoms with E-state index in [9.17, 15) is 4.79 Å². The largest absolute Gasteiger partial charge is 0.493 e. The van der Waals surface area contributed by atoms with Gasteiger partial charge in [0.05, 0.1) is 14.2 Å². The van der Waals surface area contributed by atoms with Gasteiger partial charge in [0, 0.05) is 19.2 Å². The molecule has 0 fully saturated rings. The number of aromatic nitrogens is 2. The van der Waals surface area contributed by atoms with Crippen molar-refractivity contribution >= 4 is 11.7 Å². The van der Waals surface area contributed by atoms with Gasteiger partial charge in [0.1, 0.15) is 17.3 Å². The number of amides is 1. The minimum atomic E-state index is -0.183. The van der Waals surface area contributed by atoms with E-state index < -0.39 is 0 Å². The second kappa shape index (κ2) is 9.75. The van der Waals surface area contributed by atoms with Gasteiger partial charge in [-0.1, -0.05) is 19.9 Å². The highest BCUT2D eigenvalue weighted by atomic mass is 16.5. The number of hydrogen-bond acceptors (Lipinski definition) is 6. The van der Waals surface area contributed by atoms with Gasteiger partial charge in [-0.25, -0.2) is 9.97 Å². The van der Waals surface area contributed by atoms with Gasteiger partial charge in [-0.05, 0) is 37.0 Å². The van der Waals surface area contributed by atoms with Crippen molar-refractivity contribution in [3.8, 4) is 11.5 Å². The summed E-state index contributed by atoms with van der Waals surface area (Å²) >= 11 is 0. The van der Waals surface area contributed by atoms with Crippen LogP contribution in [0.2, 0.25) is 0 Å². The predicted octanol–water partition coefficient (Wildman–Crippen LogP) is 2.84. The van der Waals surface area contributed by atoms with Gasteiger partial charge >= 0.3 is 0 Å². The zero-order valence-corrected chi connectivity index (χ0v) is 16.6. The van der Waals surface area contributed by atoms with Crippen molar-refractivity contribution in [1.82, 2.24) is 15.3 Å². The molecular weight excluding hydrogens is 344 g/mol. The van der Waals surface area contributed by atoms with Crippen molar-refractivity contribution in [2.24, 2.45) is 5.92 Å². The minimum absolute atomic E-state index is 0.183. The van der Waals surface area contributed by atoms with Gasteiger partial charge in [-0.2, -0.15) is 0 Å². The lowest BCUT2D eigenvalue weighted by molar-refractivity contribution is 0.0943. The van der Waals surface area contributed by atoms with Crippen LogP contribution in [-0.4, -0.2) is 43.2 Å². The Labute approximate surface area is 160 Å². The van der Waals surface area contributed by atoms with Crippen molar-refractivity contribution in [3.63, 3.8) is 0 Å². The summed E-state index contributed by atoms with van der Waals surface area (Å²) < 4.78 is 10.6. The molecule has 1 amide bonds. The van der Waals surface area contributed by atoms with E-state index in [1.165, 1.54) is 0 Å². The first-order valence-electron chi connectivity index (χ1n) is 9.01. The van der Waals surface area contributed by atoms with E-state index in [0.717, 1.165) is 12.0 Å².